The summed E-state index contributed by atoms with van der Waals surface area (Å²) in [5, 5.41) is 15.4. The molecule has 0 aliphatic carbocycles. The lowest BCUT2D eigenvalue weighted by Crippen LogP contribution is -2.35. The van der Waals surface area contributed by atoms with E-state index >= 15 is 0 Å². The molecule has 3 aliphatic rings. The number of benzene rings is 1. The van der Waals surface area contributed by atoms with Gasteiger partial charge in [0, 0.05) is 30.2 Å². The second-order valence-corrected chi connectivity index (χ2v) is 10.9. The SMILES string of the molecule is CC[C@H](C)c1ccc(-n2c(C)cc(/C=C3/C(=N)N4N=C(CC(=O)N5CCCC5)SC4=NC3=O)c2C)cc1. The fourth-order valence-electron chi connectivity index (χ4n) is 4.99. The highest BCUT2D eigenvalue weighted by atomic mass is 32.2. The largest absolute Gasteiger partial charge is 0.342 e. The summed E-state index contributed by atoms with van der Waals surface area (Å²) in [5.74, 6) is 0.0605. The molecule has 0 unspecified atom stereocenters. The van der Waals surface area contributed by atoms with Crippen LogP contribution in [-0.2, 0) is 9.59 Å². The van der Waals surface area contributed by atoms with Crippen LogP contribution in [-0.4, -0.2) is 55.4 Å². The van der Waals surface area contributed by atoms with Crippen molar-refractivity contribution in [1.82, 2.24) is 14.5 Å². The third-order valence-corrected chi connectivity index (χ3v) is 8.27. The van der Waals surface area contributed by atoms with Gasteiger partial charge in [-0.3, -0.25) is 15.0 Å². The molecule has 2 aromatic rings. The number of hydrogen-bond acceptors (Lipinski definition) is 5. The highest BCUT2D eigenvalue weighted by molar-refractivity contribution is 8.27. The number of amidine groups is 2. The molecule has 1 aromatic heterocycles. The van der Waals surface area contributed by atoms with Crippen LogP contribution in [0.25, 0.3) is 11.8 Å². The van der Waals surface area contributed by atoms with Crippen molar-refractivity contribution >= 4 is 45.7 Å². The number of nitrogens with one attached hydrogen (secondary N) is 1. The Balaban J connectivity index is 1.39. The van der Waals surface area contributed by atoms with E-state index in [1.807, 2.05) is 24.8 Å². The van der Waals surface area contributed by atoms with Gasteiger partial charge in [0.25, 0.3) is 5.91 Å². The number of amides is 2. The lowest BCUT2D eigenvalue weighted by atomic mass is 9.98. The summed E-state index contributed by atoms with van der Waals surface area (Å²) in [5.41, 5.74) is 5.44. The number of hydrazone groups is 1. The molecule has 0 saturated carbocycles. The molecule has 0 spiro atoms. The molecule has 1 aromatic carbocycles. The predicted molar refractivity (Wildman–Crippen MR) is 149 cm³/mol. The lowest BCUT2D eigenvalue weighted by Gasteiger charge is -2.20. The first-order chi connectivity index (χ1) is 17.8. The van der Waals surface area contributed by atoms with Gasteiger partial charge >= 0.3 is 0 Å². The van der Waals surface area contributed by atoms with E-state index in [-0.39, 0.29) is 23.7 Å². The van der Waals surface area contributed by atoms with Gasteiger partial charge in [-0.25, -0.2) is 0 Å². The highest BCUT2D eigenvalue weighted by Crippen LogP contribution is 2.31. The molecule has 37 heavy (non-hydrogen) atoms. The number of aromatic nitrogens is 1. The van der Waals surface area contributed by atoms with Crippen molar-refractivity contribution < 1.29 is 9.59 Å². The Hall–Kier alpha value is -3.46. The Bertz CT molecular complexity index is 1360. The first-order valence-electron chi connectivity index (χ1n) is 12.8. The first-order valence-corrected chi connectivity index (χ1v) is 13.6. The summed E-state index contributed by atoms with van der Waals surface area (Å²) < 4.78 is 2.16. The van der Waals surface area contributed by atoms with Crippen molar-refractivity contribution in [2.24, 2.45) is 10.1 Å². The number of hydrogen-bond donors (Lipinski definition) is 1. The van der Waals surface area contributed by atoms with Gasteiger partial charge in [-0.1, -0.05) is 26.0 Å². The van der Waals surface area contributed by atoms with Crippen LogP contribution in [0.2, 0.25) is 0 Å². The molecule has 2 amide bonds. The normalized spacial score (nSPS) is 19.4. The Morgan fingerprint density at radius 3 is 2.57 bits per heavy atom. The molecule has 192 valence electrons. The minimum Gasteiger partial charge on any atom is -0.342 e. The Kier molecular flexibility index (Phi) is 6.90. The summed E-state index contributed by atoms with van der Waals surface area (Å²) in [6, 6.07) is 10.6. The molecule has 1 atom stereocenters. The number of nitrogens with zero attached hydrogens (tertiary/aromatic N) is 5. The molecule has 3 aliphatic heterocycles. The van der Waals surface area contributed by atoms with Gasteiger partial charge in [0.2, 0.25) is 11.1 Å². The number of rotatable bonds is 6. The fraction of sp³-hybridized carbons (Fsp3) is 0.393. The van der Waals surface area contributed by atoms with Crippen LogP contribution < -0.4 is 0 Å². The number of likely N-dealkylation sites (tertiary alicyclic amines) is 1. The number of carbonyl (C=O) groups excluding carboxylic acids is 2. The number of carbonyl (C=O) groups is 2. The molecule has 1 fully saturated rings. The minimum atomic E-state index is -0.464. The van der Waals surface area contributed by atoms with Gasteiger partial charge in [0.15, 0.2) is 5.84 Å². The number of thioether (sulfide) groups is 1. The van der Waals surface area contributed by atoms with E-state index in [0.29, 0.717) is 16.1 Å². The van der Waals surface area contributed by atoms with Gasteiger partial charge in [0.1, 0.15) is 5.04 Å². The van der Waals surface area contributed by atoms with Crippen LogP contribution in [0.1, 0.15) is 68.0 Å². The summed E-state index contributed by atoms with van der Waals surface area (Å²) in [7, 11) is 0. The smallest absolute Gasteiger partial charge is 0.283 e. The van der Waals surface area contributed by atoms with Gasteiger partial charge in [0.05, 0.1) is 12.0 Å². The molecule has 9 heteroatoms. The van der Waals surface area contributed by atoms with Gasteiger partial charge in [-0.15, -0.1) is 0 Å². The van der Waals surface area contributed by atoms with E-state index < -0.39 is 5.91 Å². The van der Waals surface area contributed by atoms with Crippen molar-refractivity contribution in [3.63, 3.8) is 0 Å². The summed E-state index contributed by atoms with van der Waals surface area (Å²) in [4.78, 5) is 31.5. The third kappa shape index (κ3) is 4.80. The van der Waals surface area contributed by atoms with Crippen LogP contribution in [0.5, 0.6) is 0 Å². The predicted octanol–water partition coefficient (Wildman–Crippen LogP) is 5.24. The maximum absolute atomic E-state index is 12.9. The minimum absolute atomic E-state index is 0.0196. The standard InChI is InChI=1S/C28H32N6O2S/c1-5-17(2)20-8-10-22(11-9-20)33-18(3)14-21(19(33)4)15-23-26(29)34-28(30-27(23)36)37-24(31-34)16-25(35)32-12-6-7-13-32/h8-11,14-15,17,29H,5-7,12-13,16H2,1-4H3/b23-15-,29-26?/t17-/m0/s1. The number of aliphatic imine (C=N–C) groups is 1. The lowest BCUT2D eigenvalue weighted by molar-refractivity contribution is -0.128. The zero-order valence-corrected chi connectivity index (χ0v) is 22.6. The summed E-state index contributed by atoms with van der Waals surface area (Å²) in [6.45, 7) is 10.0. The second kappa shape index (κ2) is 10.1. The van der Waals surface area contributed by atoms with E-state index in [9.17, 15) is 9.59 Å². The van der Waals surface area contributed by atoms with Crippen molar-refractivity contribution in [3.05, 3.63) is 58.4 Å². The molecule has 0 radical (unpaired) electrons. The Morgan fingerprint density at radius 1 is 1.19 bits per heavy atom. The fourth-order valence-corrected chi connectivity index (χ4v) is 5.86. The topological polar surface area (TPSA) is 94.1 Å². The van der Waals surface area contributed by atoms with E-state index in [1.165, 1.54) is 22.3 Å². The quantitative estimate of drug-likeness (QED) is 0.532. The second-order valence-electron chi connectivity index (χ2n) is 9.84. The van der Waals surface area contributed by atoms with Gasteiger partial charge < -0.3 is 9.47 Å². The summed E-state index contributed by atoms with van der Waals surface area (Å²) in [6.07, 6.45) is 5.05. The van der Waals surface area contributed by atoms with E-state index in [0.717, 1.165) is 55.0 Å². The van der Waals surface area contributed by atoms with Crippen molar-refractivity contribution in [2.45, 2.75) is 59.3 Å². The number of fused-ring (bicyclic) bond motifs is 1. The van der Waals surface area contributed by atoms with Crippen LogP contribution >= 0.6 is 11.8 Å². The molecule has 5 rings (SSSR count). The maximum Gasteiger partial charge on any atom is 0.283 e. The van der Waals surface area contributed by atoms with Gasteiger partial charge in [-0.05, 0) is 86.2 Å². The summed E-state index contributed by atoms with van der Waals surface area (Å²) >= 11 is 1.19. The molecule has 1 N–H and O–H groups in total. The molecule has 1 saturated heterocycles. The van der Waals surface area contributed by atoms with Crippen LogP contribution in [0.3, 0.4) is 0 Å². The molecule has 4 heterocycles. The van der Waals surface area contributed by atoms with E-state index in [2.05, 4.69) is 52.8 Å². The highest BCUT2D eigenvalue weighted by Gasteiger charge is 2.36. The Morgan fingerprint density at radius 2 is 1.89 bits per heavy atom. The van der Waals surface area contributed by atoms with Gasteiger partial charge in [-0.2, -0.15) is 15.1 Å². The van der Waals surface area contributed by atoms with Crippen molar-refractivity contribution in [1.29, 1.82) is 5.41 Å². The van der Waals surface area contributed by atoms with E-state index in [1.54, 1.807) is 6.08 Å². The Labute approximate surface area is 221 Å². The zero-order valence-electron chi connectivity index (χ0n) is 21.7. The van der Waals surface area contributed by atoms with Crippen LogP contribution in [0, 0.1) is 19.3 Å². The average molecular weight is 517 g/mol. The monoisotopic (exact) mass is 516 g/mol. The van der Waals surface area contributed by atoms with E-state index in [4.69, 9.17) is 5.41 Å². The molecular formula is C28H32N6O2S. The molecule has 0 bridgehead atoms. The molecule has 8 nitrogen and oxygen atoms in total. The maximum atomic E-state index is 12.9. The first kappa shape index (κ1) is 25.2. The third-order valence-electron chi connectivity index (χ3n) is 7.36. The molecular weight excluding hydrogens is 484 g/mol. The van der Waals surface area contributed by atoms with Crippen molar-refractivity contribution in [3.8, 4) is 5.69 Å². The zero-order chi connectivity index (χ0) is 26.3. The van der Waals surface area contributed by atoms with Crippen LogP contribution in [0.4, 0.5) is 0 Å². The average Bonchev–Trinajstić information content (AvgIpc) is 3.61. The number of aryl methyl sites for hydroxylation is 1. The van der Waals surface area contributed by atoms with Crippen molar-refractivity contribution in [2.75, 3.05) is 13.1 Å². The van der Waals surface area contributed by atoms with Crippen LogP contribution in [0.15, 0.2) is 46.0 Å².